The molecule has 2 fully saturated rings. The number of benzene rings is 1. The molecule has 0 unspecified atom stereocenters. The minimum atomic E-state index is -0.795. The van der Waals surface area contributed by atoms with E-state index in [9.17, 15) is 9.90 Å². The summed E-state index contributed by atoms with van der Waals surface area (Å²) in [4.78, 5) is 14.6. The first-order chi connectivity index (χ1) is 13.1. The zero-order valence-corrected chi connectivity index (χ0v) is 16.5. The normalized spacial score (nSPS) is 20.3. The molecule has 1 aromatic carbocycles. The lowest BCUT2D eigenvalue weighted by Gasteiger charge is -2.35. The van der Waals surface area contributed by atoms with Crippen LogP contribution in [0.15, 0.2) is 24.3 Å². The van der Waals surface area contributed by atoms with Crippen molar-refractivity contribution in [2.24, 2.45) is 18.9 Å². The highest BCUT2D eigenvalue weighted by atomic mass is 16.4. The van der Waals surface area contributed by atoms with Crippen LogP contribution in [0.1, 0.15) is 61.0 Å². The number of aromatic carboxylic acids is 1. The van der Waals surface area contributed by atoms with Crippen LogP contribution in [0.5, 0.6) is 0 Å². The van der Waals surface area contributed by atoms with E-state index >= 15 is 0 Å². The van der Waals surface area contributed by atoms with Crippen molar-refractivity contribution in [3.05, 3.63) is 35.5 Å². The van der Waals surface area contributed by atoms with Crippen LogP contribution in [0.2, 0.25) is 0 Å². The number of aryl methyl sites for hydroxylation is 1. The molecule has 0 spiro atoms. The topological polar surface area (TPSA) is 45.5 Å². The van der Waals surface area contributed by atoms with E-state index in [4.69, 9.17) is 0 Å². The fourth-order valence-corrected chi connectivity index (χ4v) is 5.31. The average molecular weight is 369 g/mol. The van der Waals surface area contributed by atoms with Crippen LogP contribution >= 0.6 is 0 Å². The Bertz CT molecular complexity index is 796. The number of hydrogen-bond acceptors (Lipinski definition) is 2. The van der Waals surface area contributed by atoms with Crippen molar-refractivity contribution < 1.29 is 9.90 Å². The van der Waals surface area contributed by atoms with Gasteiger partial charge in [0.1, 0.15) is 0 Å². The van der Waals surface area contributed by atoms with E-state index in [-0.39, 0.29) is 0 Å². The maximum absolute atomic E-state index is 11.9. The first-order valence-electron chi connectivity index (χ1n) is 10.7. The van der Waals surface area contributed by atoms with Crippen LogP contribution in [0.3, 0.4) is 0 Å². The van der Waals surface area contributed by atoms with Gasteiger partial charge in [0.25, 0.3) is 0 Å². The predicted molar refractivity (Wildman–Crippen MR) is 109 cm³/mol. The average Bonchev–Trinajstić information content (AvgIpc) is 2.96. The highest BCUT2D eigenvalue weighted by Crippen LogP contribution is 2.31. The van der Waals surface area contributed by atoms with Gasteiger partial charge in [0.05, 0.1) is 5.56 Å². The van der Waals surface area contributed by atoms with Gasteiger partial charge in [-0.05, 0) is 63.1 Å². The van der Waals surface area contributed by atoms with Crippen molar-refractivity contribution in [3.8, 4) is 0 Å². The summed E-state index contributed by atoms with van der Waals surface area (Å²) in [5.74, 6) is 0.706. The highest BCUT2D eigenvalue weighted by molar-refractivity contribution is 6.05. The summed E-state index contributed by atoms with van der Waals surface area (Å²) in [5, 5.41) is 10.7. The summed E-state index contributed by atoms with van der Waals surface area (Å²) in [5.41, 5.74) is 2.53. The van der Waals surface area contributed by atoms with Gasteiger partial charge in [0.15, 0.2) is 0 Å². The fraction of sp³-hybridized carbons (Fsp3) is 0.609. The number of piperidine rings is 1. The molecular formula is C23H32N2O2. The monoisotopic (exact) mass is 368 g/mol. The number of para-hydroxylation sites is 1. The molecule has 0 bridgehead atoms. The molecule has 27 heavy (non-hydrogen) atoms. The zero-order valence-electron chi connectivity index (χ0n) is 16.5. The van der Waals surface area contributed by atoms with Gasteiger partial charge in [0, 0.05) is 30.2 Å². The standard InChI is InChI=1S/C23H32N2O2/c1-24-20-10-6-5-9-19(20)22(23(26)27)21(24)15-17-11-13-25(14-12-17)16-18-7-3-2-4-8-18/h5-6,9-10,17-18H,2-4,7-8,11-16H2,1H3,(H,26,27). The lowest BCUT2D eigenvalue weighted by Crippen LogP contribution is -2.38. The summed E-state index contributed by atoms with van der Waals surface area (Å²) < 4.78 is 2.10. The van der Waals surface area contributed by atoms with Crippen molar-refractivity contribution in [2.75, 3.05) is 19.6 Å². The SMILES string of the molecule is Cn1c(CC2CCN(CC3CCCCC3)CC2)c(C(=O)O)c2ccccc21. The van der Waals surface area contributed by atoms with E-state index in [2.05, 4.69) is 9.47 Å². The zero-order chi connectivity index (χ0) is 18.8. The Labute approximate surface area is 162 Å². The van der Waals surface area contributed by atoms with Gasteiger partial charge in [-0.1, -0.05) is 37.5 Å². The van der Waals surface area contributed by atoms with E-state index in [1.807, 2.05) is 31.3 Å². The number of carboxylic acids is 1. The molecule has 0 radical (unpaired) electrons. The molecule has 1 aliphatic heterocycles. The first-order valence-corrected chi connectivity index (χ1v) is 10.7. The van der Waals surface area contributed by atoms with E-state index in [0.717, 1.165) is 28.9 Å². The Kier molecular flexibility index (Phi) is 5.53. The Morgan fingerprint density at radius 3 is 2.44 bits per heavy atom. The smallest absolute Gasteiger partial charge is 0.338 e. The van der Waals surface area contributed by atoms with E-state index in [1.54, 1.807) is 0 Å². The highest BCUT2D eigenvalue weighted by Gasteiger charge is 2.26. The molecule has 0 amide bonds. The Hall–Kier alpha value is -1.81. The summed E-state index contributed by atoms with van der Waals surface area (Å²) in [7, 11) is 2.02. The van der Waals surface area contributed by atoms with Crippen LogP contribution in [0.25, 0.3) is 10.9 Å². The molecule has 0 atom stereocenters. The molecule has 1 aliphatic carbocycles. The predicted octanol–water partition coefficient (Wildman–Crippen LogP) is 4.71. The van der Waals surface area contributed by atoms with Gasteiger partial charge in [0.2, 0.25) is 0 Å². The third-order valence-electron chi connectivity index (χ3n) is 6.87. The van der Waals surface area contributed by atoms with Gasteiger partial charge in [-0.15, -0.1) is 0 Å². The van der Waals surface area contributed by atoms with Crippen LogP contribution in [-0.4, -0.2) is 40.2 Å². The Balaban J connectivity index is 1.42. The largest absolute Gasteiger partial charge is 0.478 e. The van der Waals surface area contributed by atoms with Gasteiger partial charge in [-0.25, -0.2) is 4.79 Å². The minimum Gasteiger partial charge on any atom is -0.478 e. The maximum atomic E-state index is 11.9. The third kappa shape index (κ3) is 3.91. The molecule has 4 nitrogen and oxygen atoms in total. The van der Waals surface area contributed by atoms with Gasteiger partial charge in [-0.2, -0.15) is 0 Å². The van der Waals surface area contributed by atoms with Gasteiger partial charge >= 0.3 is 5.97 Å². The molecular weight excluding hydrogens is 336 g/mol. The van der Waals surface area contributed by atoms with Gasteiger partial charge < -0.3 is 14.6 Å². The van der Waals surface area contributed by atoms with Crippen molar-refractivity contribution in [3.63, 3.8) is 0 Å². The maximum Gasteiger partial charge on any atom is 0.338 e. The molecule has 4 heteroatoms. The Morgan fingerprint density at radius 2 is 1.74 bits per heavy atom. The lowest BCUT2D eigenvalue weighted by atomic mass is 9.87. The quantitative estimate of drug-likeness (QED) is 0.831. The molecule has 1 N–H and O–H groups in total. The number of aromatic nitrogens is 1. The molecule has 4 rings (SSSR count). The van der Waals surface area contributed by atoms with Crippen molar-refractivity contribution in [1.29, 1.82) is 0 Å². The van der Waals surface area contributed by atoms with E-state index in [0.29, 0.717) is 11.5 Å². The molecule has 2 aromatic rings. The second-order valence-corrected chi connectivity index (χ2v) is 8.66. The van der Waals surface area contributed by atoms with Crippen LogP contribution in [0, 0.1) is 11.8 Å². The fourth-order valence-electron chi connectivity index (χ4n) is 5.31. The number of fused-ring (bicyclic) bond motifs is 1. The summed E-state index contributed by atoms with van der Waals surface area (Å²) >= 11 is 0. The van der Waals surface area contributed by atoms with Crippen molar-refractivity contribution >= 4 is 16.9 Å². The summed E-state index contributed by atoms with van der Waals surface area (Å²) in [6, 6.07) is 7.89. The molecule has 1 saturated carbocycles. The second-order valence-electron chi connectivity index (χ2n) is 8.66. The second kappa shape index (κ2) is 8.05. The third-order valence-corrected chi connectivity index (χ3v) is 6.87. The number of nitrogens with zero attached hydrogens (tertiary/aromatic N) is 2. The molecule has 2 heterocycles. The summed E-state index contributed by atoms with van der Waals surface area (Å²) in [6.45, 7) is 3.63. The first kappa shape index (κ1) is 18.5. The minimum absolute atomic E-state index is 0.512. The van der Waals surface area contributed by atoms with Gasteiger partial charge in [-0.3, -0.25) is 0 Å². The lowest BCUT2D eigenvalue weighted by molar-refractivity contribution is 0.0696. The van der Waals surface area contributed by atoms with Crippen molar-refractivity contribution in [2.45, 2.75) is 51.4 Å². The van der Waals surface area contributed by atoms with Crippen LogP contribution in [0.4, 0.5) is 0 Å². The molecule has 2 aliphatic rings. The van der Waals surface area contributed by atoms with Crippen LogP contribution < -0.4 is 0 Å². The number of carbonyl (C=O) groups is 1. The number of likely N-dealkylation sites (tertiary alicyclic amines) is 1. The number of hydrogen-bond donors (Lipinski definition) is 1. The number of carboxylic acid groups (broad SMARTS) is 1. The van der Waals surface area contributed by atoms with Crippen LogP contribution in [-0.2, 0) is 13.5 Å². The molecule has 1 aromatic heterocycles. The van der Waals surface area contributed by atoms with E-state index in [1.165, 1.54) is 64.6 Å². The number of rotatable bonds is 5. The molecule has 146 valence electrons. The Morgan fingerprint density at radius 1 is 1.04 bits per heavy atom. The molecule has 1 saturated heterocycles. The van der Waals surface area contributed by atoms with E-state index < -0.39 is 5.97 Å². The summed E-state index contributed by atoms with van der Waals surface area (Å²) in [6.07, 6.45) is 10.3. The van der Waals surface area contributed by atoms with Crippen molar-refractivity contribution in [1.82, 2.24) is 9.47 Å².